The van der Waals surface area contributed by atoms with Crippen LogP contribution in [-0.4, -0.2) is 17.6 Å². The lowest BCUT2D eigenvalue weighted by atomic mass is 10.1. The van der Waals surface area contributed by atoms with Gasteiger partial charge in [-0.1, -0.05) is 14.9 Å². The summed E-state index contributed by atoms with van der Waals surface area (Å²) in [5, 5.41) is 13.1. The first-order chi connectivity index (χ1) is 7.75. The Bertz CT molecular complexity index is 572. The number of phenols is 1. The summed E-state index contributed by atoms with van der Waals surface area (Å²) < 4.78 is 5.51. The number of nitrogens with one attached hydrogen (secondary N) is 1. The van der Waals surface area contributed by atoms with Gasteiger partial charge in [-0.15, -0.1) is 0 Å². The minimum absolute atomic E-state index is 0. The Morgan fingerprint density at radius 2 is 2.06 bits per heavy atom. The molecule has 2 aromatic rings. The van der Waals surface area contributed by atoms with Gasteiger partial charge in [-0.2, -0.15) is 0 Å². The van der Waals surface area contributed by atoms with E-state index < -0.39 is 0 Å². The maximum atomic E-state index is 11.7. The number of carbonyl (C=O) groups excluding carboxylic acids is 1. The van der Waals surface area contributed by atoms with Gasteiger partial charge in [-0.3, -0.25) is 4.79 Å². The molecule has 1 amide bonds. The first-order valence-electron chi connectivity index (χ1n) is 5.28. The van der Waals surface area contributed by atoms with Gasteiger partial charge in [-0.25, -0.2) is 0 Å². The molecule has 0 atom stereocenters. The van der Waals surface area contributed by atoms with Crippen LogP contribution in [0.15, 0.2) is 22.6 Å². The van der Waals surface area contributed by atoms with Gasteiger partial charge in [0.2, 0.25) is 0 Å². The van der Waals surface area contributed by atoms with Gasteiger partial charge in [-0.05, 0) is 31.0 Å². The van der Waals surface area contributed by atoms with Crippen molar-refractivity contribution in [2.75, 3.05) is 6.54 Å². The van der Waals surface area contributed by atoms with Crippen LogP contribution in [0.25, 0.3) is 11.0 Å². The second-order valence-electron chi connectivity index (χ2n) is 3.95. The molecule has 0 fully saturated rings. The van der Waals surface area contributed by atoms with Crippen molar-refractivity contribution in [1.29, 1.82) is 0 Å². The molecular weight excluding hydrogens is 230 g/mol. The van der Waals surface area contributed by atoms with Gasteiger partial charge in [0, 0.05) is 17.5 Å². The second-order valence-corrected chi connectivity index (χ2v) is 3.95. The van der Waals surface area contributed by atoms with E-state index in [1.807, 2.05) is 0 Å². The Balaban J connectivity index is 0.000000810. The molecule has 1 aromatic heterocycles. The first kappa shape index (κ1) is 14.1. The Morgan fingerprint density at radius 1 is 1.28 bits per heavy atom. The molecule has 1 aliphatic heterocycles. The first-order valence-corrected chi connectivity index (χ1v) is 5.28. The van der Waals surface area contributed by atoms with Gasteiger partial charge >= 0.3 is 0 Å². The van der Waals surface area contributed by atoms with Gasteiger partial charge < -0.3 is 14.8 Å². The van der Waals surface area contributed by atoms with E-state index in [1.54, 1.807) is 18.2 Å². The van der Waals surface area contributed by atoms with E-state index in [-0.39, 0.29) is 26.5 Å². The van der Waals surface area contributed by atoms with Crippen molar-refractivity contribution in [1.82, 2.24) is 5.32 Å². The number of fused-ring (bicyclic) bond motifs is 3. The van der Waals surface area contributed by atoms with Crippen LogP contribution in [0.2, 0.25) is 0 Å². The van der Waals surface area contributed by atoms with E-state index in [2.05, 4.69) is 5.32 Å². The monoisotopic (exact) mass is 249 g/mol. The van der Waals surface area contributed by atoms with E-state index in [0.717, 1.165) is 23.8 Å². The van der Waals surface area contributed by atoms with Crippen LogP contribution in [0.3, 0.4) is 0 Å². The van der Waals surface area contributed by atoms with E-state index in [0.29, 0.717) is 17.9 Å². The zero-order chi connectivity index (χ0) is 11.1. The molecule has 4 nitrogen and oxygen atoms in total. The van der Waals surface area contributed by atoms with Crippen molar-refractivity contribution in [2.45, 2.75) is 27.7 Å². The molecule has 3 rings (SSSR count). The van der Waals surface area contributed by atoms with Crippen molar-refractivity contribution in [3.05, 3.63) is 29.5 Å². The van der Waals surface area contributed by atoms with Gasteiger partial charge in [0.15, 0.2) is 5.76 Å². The maximum absolute atomic E-state index is 11.7. The van der Waals surface area contributed by atoms with Crippen LogP contribution >= 0.6 is 0 Å². The number of hydrogen-bond donors (Lipinski definition) is 2. The lowest BCUT2D eigenvalue weighted by molar-refractivity contribution is 0.0931. The number of amides is 1. The van der Waals surface area contributed by atoms with Gasteiger partial charge in [0.05, 0.1) is 0 Å². The maximum Gasteiger partial charge on any atom is 0.287 e. The average Bonchev–Trinajstić information content (AvgIpc) is 2.52. The molecule has 98 valence electrons. The fourth-order valence-corrected chi connectivity index (χ4v) is 2.12. The minimum atomic E-state index is -0.164. The van der Waals surface area contributed by atoms with E-state index in [1.165, 1.54) is 0 Å². The quantitative estimate of drug-likeness (QED) is 0.754. The number of furan rings is 1. The number of aromatic hydroxyl groups is 1. The molecule has 0 saturated heterocycles. The van der Waals surface area contributed by atoms with Crippen LogP contribution in [0.5, 0.6) is 5.75 Å². The molecule has 4 heteroatoms. The highest BCUT2D eigenvalue weighted by molar-refractivity contribution is 5.99. The standard InChI is InChI=1S/C12H11NO3.2CH4/c14-7-3-4-10-9(6-7)8-2-1-5-13-12(15)11(8)16-10;;/h3-4,6,14H,1-2,5H2,(H,13,15);2*1H4. The highest BCUT2D eigenvalue weighted by Gasteiger charge is 2.22. The number of carbonyl (C=O) groups is 1. The van der Waals surface area contributed by atoms with Crippen molar-refractivity contribution in [3.63, 3.8) is 0 Å². The predicted molar refractivity (Wildman–Crippen MR) is 72.0 cm³/mol. The van der Waals surface area contributed by atoms with Crippen molar-refractivity contribution in [2.24, 2.45) is 0 Å². The van der Waals surface area contributed by atoms with Crippen molar-refractivity contribution < 1.29 is 14.3 Å². The van der Waals surface area contributed by atoms with E-state index in [4.69, 9.17) is 4.42 Å². The molecular formula is C14H19NO3. The molecule has 0 spiro atoms. The smallest absolute Gasteiger partial charge is 0.287 e. The Labute approximate surface area is 107 Å². The van der Waals surface area contributed by atoms with Gasteiger partial charge in [0.1, 0.15) is 11.3 Å². The third-order valence-corrected chi connectivity index (χ3v) is 2.87. The number of phenolic OH excluding ortho intramolecular Hbond substituents is 1. The summed E-state index contributed by atoms with van der Waals surface area (Å²) in [6.45, 7) is 0.670. The molecule has 0 saturated carbocycles. The van der Waals surface area contributed by atoms with Crippen molar-refractivity contribution >= 4 is 16.9 Å². The molecule has 0 aliphatic carbocycles. The van der Waals surface area contributed by atoms with Crippen LogP contribution in [0, 0.1) is 0 Å². The fraction of sp³-hybridized carbons (Fsp3) is 0.357. The topological polar surface area (TPSA) is 62.5 Å². The van der Waals surface area contributed by atoms with E-state index in [9.17, 15) is 9.90 Å². The average molecular weight is 249 g/mol. The molecule has 1 aliphatic rings. The normalized spacial score (nSPS) is 13.9. The second kappa shape index (κ2) is 5.12. The lowest BCUT2D eigenvalue weighted by Crippen LogP contribution is -2.22. The Hall–Kier alpha value is -1.97. The summed E-state index contributed by atoms with van der Waals surface area (Å²) in [6, 6.07) is 4.89. The fourth-order valence-electron chi connectivity index (χ4n) is 2.12. The third kappa shape index (κ3) is 2.06. The Morgan fingerprint density at radius 3 is 2.83 bits per heavy atom. The lowest BCUT2D eigenvalue weighted by Gasteiger charge is -1.96. The molecule has 2 N–H and O–H groups in total. The highest BCUT2D eigenvalue weighted by Crippen LogP contribution is 2.30. The minimum Gasteiger partial charge on any atom is -0.508 e. The highest BCUT2D eigenvalue weighted by atomic mass is 16.3. The summed E-state index contributed by atoms with van der Waals surface area (Å²) in [5.74, 6) is 0.419. The summed E-state index contributed by atoms with van der Waals surface area (Å²) in [4.78, 5) is 11.7. The zero-order valence-electron chi connectivity index (χ0n) is 8.62. The molecule has 0 unspecified atom stereocenters. The third-order valence-electron chi connectivity index (χ3n) is 2.87. The van der Waals surface area contributed by atoms with E-state index >= 15 is 0 Å². The summed E-state index contributed by atoms with van der Waals surface area (Å²) in [5.41, 5.74) is 1.56. The predicted octanol–water partition coefficient (Wildman–Crippen LogP) is 3.09. The zero-order valence-corrected chi connectivity index (χ0v) is 8.62. The van der Waals surface area contributed by atoms with Crippen LogP contribution in [0.4, 0.5) is 0 Å². The molecule has 1 aromatic carbocycles. The molecule has 0 radical (unpaired) electrons. The van der Waals surface area contributed by atoms with Crippen molar-refractivity contribution in [3.8, 4) is 5.75 Å². The summed E-state index contributed by atoms with van der Waals surface area (Å²) >= 11 is 0. The van der Waals surface area contributed by atoms with Gasteiger partial charge in [0.25, 0.3) is 5.91 Å². The SMILES string of the molecule is C.C.O=C1NCCCc2c1oc1ccc(O)cc21. The van der Waals surface area contributed by atoms with Crippen LogP contribution < -0.4 is 5.32 Å². The number of rotatable bonds is 0. The molecule has 18 heavy (non-hydrogen) atoms. The van der Waals surface area contributed by atoms with Crippen LogP contribution in [0.1, 0.15) is 37.4 Å². The summed E-state index contributed by atoms with van der Waals surface area (Å²) in [7, 11) is 0. The van der Waals surface area contributed by atoms with Crippen LogP contribution in [-0.2, 0) is 6.42 Å². The number of aryl methyl sites for hydroxylation is 1. The molecule has 0 bridgehead atoms. The number of hydrogen-bond acceptors (Lipinski definition) is 3. The summed E-state index contributed by atoms with van der Waals surface area (Å²) in [6.07, 6.45) is 1.69. The Kier molecular flexibility index (Phi) is 4.01. The number of benzene rings is 1. The largest absolute Gasteiger partial charge is 0.508 e. The molecule has 2 heterocycles.